The van der Waals surface area contributed by atoms with Gasteiger partial charge in [-0.15, -0.1) is 0 Å². The first-order valence-electron chi connectivity index (χ1n) is 6.92. The second kappa shape index (κ2) is 6.31. The lowest BCUT2D eigenvalue weighted by Crippen LogP contribution is -2.64. The van der Waals surface area contributed by atoms with Gasteiger partial charge in [-0.3, -0.25) is 0 Å². The van der Waals surface area contributed by atoms with Gasteiger partial charge in [0.1, 0.15) is 0 Å². The van der Waals surface area contributed by atoms with Gasteiger partial charge in [-0.1, -0.05) is 6.42 Å². The highest BCUT2D eigenvalue weighted by Gasteiger charge is 2.77. The zero-order chi connectivity index (χ0) is 21.0. The van der Waals surface area contributed by atoms with Crippen molar-refractivity contribution < 1.29 is 62.9 Å². The molecule has 0 amide bonds. The molecule has 1 saturated carbocycles. The number of halogens is 12. The summed E-state index contributed by atoms with van der Waals surface area (Å²) in [6.07, 6.45) is -30.7. The van der Waals surface area contributed by atoms with Crippen molar-refractivity contribution in [1.82, 2.24) is 0 Å². The van der Waals surface area contributed by atoms with Crippen LogP contribution >= 0.6 is 0 Å². The zero-order valence-corrected chi connectivity index (χ0v) is 12.4. The Kier molecular flexibility index (Phi) is 5.61. The van der Waals surface area contributed by atoms with E-state index in [4.69, 9.17) is 5.11 Å². The van der Waals surface area contributed by atoms with Crippen molar-refractivity contribution in [2.45, 2.75) is 61.6 Å². The third-order valence-corrected chi connectivity index (χ3v) is 4.56. The van der Waals surface area contributed by atoms with Gasteiger partial charge < -0.3 is 10.2 Å². The second-order valence-electron chi connectivity index (χ2n) is 6.12. The van der Waals surface area contributed by atoms with E-state index >= 15 is 0 Å². The van der Waals surface area contributed by atoms with Gasteiger partial charge in [0.2, 0.25) is 0 Å². The number of alkyl halides is 12. The third-order valence-electron chi connectivity index (χ3n) is 4.56. The average molecular weight is 416 g/mol. The van der Waals surface area contributed by atoms with Crippen LogP contribution in [0.15, 0.2) is 0 Å². The molecule has 1 rings (SSSR count). The first kappa shape index (κ1) is 23.1. The summed E-state index contributed by atoms with van der Waals surface area (Å²) in [6.45, 7) is 0. The Morgan fingerprint density at radius 1 is 0.615 bits per heavy atom. The molecule has 2 N–H and O–H groups in total. The van der Waals surface area contributed by atoms with E-state index in [9.17, 15) is 57.8 Å². The van der Waals surface area contributed by atoms with Crippen molar-refractivity contribution in [2.24, 2.45) is 11.8 Å². The molecule has 2 nitrogen and oxygen atoms in total. The molecule has 26 heavy (non-hydrogen) atoms. The minimum Gasteiger partial charge on any atom is -0.374 e. The topological polar surface area (TPSA) is 40.5 Å². The molecule has 1 aliphatic carbocycles. The molecular formula is C12H12F12O2. The Balaban J connectivity index is 3.38. The predicted molar refractivity (Wildman–Crippen MR) is 59.6 cm³/mol. The second-order valence-corrected chi connectivity index (χ2v) is 6.12. The van der Waals surface area contributed by atoms with E-state index in [1.165, 1.54) is 0 Å². The smallest absolute Gasteiger partial charge is 0.374 e. The van der Waals surface area contributed by atoms with Crippen LogP contribution in [0.2, 0.25) is 0 Å². The molecule has 1 unspecified atom stereocenters. The lowest BCUT2D eigenvalue weighted by Gasteiger charge is -2.42. The first-order chi connectivity index (χ1) is 11.2. The number of hydrogen-bond donors (Lipinski definition) is 2. The average Bonchev–Trinajstić information content (AvgIpc) is 2.80. The van der Waals surface area contributed by atoms with Gasteiger partial charge in [-0.2, -0.15) is 52.7 Å². The Labute approximate surface area is 137 Å². The molecular weight excluding hydrogens is 404 g/mol. The molecule has 1 fully saturated rings. The highest BCUT2D eigenvalue weighted by atomic mass is 19.4. The lowest BCUT2D eigenvalue weighted by molar-refractivity contribution is -0.395. The lowest BCUT2D eigenvalue weighted by atomic mass is 9.74. The molecule has 0 aromatic heterocycles. The van der Waals surface area contributed by atoms with Crippen molar-refractivity contribution >= 4 is 0 Å². The highest BCUT2D eigenvalue weighted by Crippen LogP contribution is 2.57. The summed E-state index contributed by atoms with van der Waals surface area (Å²) in [5.74, 6) is -5.56. The fourth-order valence-corrected chi connectivity index (χ4v) is 3.18. The molecule has 0 saturated heterocycles. The summed E-state index contributed by atoms with van der Waals surface area (Å²) in [5.41, 5.74) is -11.0. The molecule has 0 spiro atoms. The molecule has 1 aliphatic rings. The summed E-state index contributed by atoms with van der Waals surface area (Å²) in [6, 6.07) is 0. The molecule has 14 heteroatoms. The van der Waals surface area contributed by atoms with Gasteiger partial charge in [0.05, 0.1) is 0 Å². The van der Waals surface area contributed by atoms with Crippen molar-refractivity contribution in [3.8, 4) is 0 Å². The fraction of sp³-hybridized carbons (Fsp3) is 1.00. The summed E-state index contributed by atoms with van der Waals surface area (Å²) in [5, 5.41) is 18.3. The maximum atomic E-state index is 12.8. The van der Waals surface area contributed by atoms with Crippen LogP contribution in [0, 0.1) is 11.8 Å². The molecule has 2 atom stereocenters. The van der Waals surface area contributed by atoms with Gasteiger partial charge in [0.25, 0.3) is 11.2 Å². The van der Waals surface area contributed by atoms with Crippen molar-refractivity contribution in [1.29, 1.82) is 0 Å². The normalized spacial score (nSPS) is 24.2. The first-order valence-corrected chi connectivity index (χ1v) is 6.92. The SMILES string of the molecule is OC(C[C@H]1CCCC1C(O)(C(F)(F)F)C(F)(F)F)(C(F)(F)F)C(F)(F)F. The molecule has 0 heterocycles. The maximum Gasteiger partial charge on any atom is 0.426 e. The van der Waals surface area contributed by atoms with E-state index in [-0.39, 0.29) is 0 Å². The molecule has 0 aromatic rings. The number of rotatable bonds is 3. The maximum absolute atomic E-state index is 12.8. The predicted octanol–water partition coefficient (Wildman–Crippen LogP) is 4.50. The standard InChI is InChI=1S/C12H12F12O2/c13-9(14,15)7(25,10(16,17)18)4-5-2-1-3-6(5)8(26,11(19,20)21)12(22,23)24/h5-6,25-26H,1-4H2/t5-,6?/m1/s1. The van der Waals surface area contributed by atoms with Crippen LogP contribution in [0.4, 0.5) is 52.7 Å². The minimum atomic E-state index is -6.40. The van der Waals surface area contributed by atoms with Crippen molar-refractivity contribution in [3.05, 3.63) is 0 Å². The Hall–Kier alpha value is -0.920. The molecule has 0 bridgehead atoms. The van der Waals surface area contributed by atoms with E-state index in [2.05, 4.69) is 0 Å². The van der Waals surface area contributed by atoms with Crippen LogP contribution in [-0.2, 0) is 0 Å². The Bertz CT molecular complexity index is 472. The summed E-state index contributed by atoms with van der Waals surface area (Å²) < 4.78 is 153. The summed E-state index contributed by atoms with van der Waals surface area (Å²) >= 11 is 0. The number of aliphatic hydroxyl groups is 2. The monoisotopic (exact) mass is 416 g/mol. The van der Waals surface area contributed by atoms with Gasteiger partial charge in [0.15, 0.2) is 0 Å². The van der Waals surface area contributed by atoms with Crippen molar-refractivity contribution in [3.63, 3.8) is 0 Å². The Morgan fingerprint density at radius 3 is 1.31 bits per heavy atom. The number of hydrogen-bond acceptors (Lipinski definition) is 2. The van der Waals surface area contributed by atoms with E-state index in [1.54, 1.807) is 0 Å². The van der Waals surface area contributed by atoms with Crippen LogP contribution in [0.25, 0.3) is 0 Å². The molecule has 0 aliphatic heterocycles. The quantitative estimate of drug-likeness (QED) is 0.666. The molecule has 156 valence electrons. The van der Waals surface area contributed by atoms with E-state index in [0.717, 1.165) is 0 Å². The van der Waals surface area contributed by atoms with Crippen molar-refractivity contribution in [2.75, 3.05) is 0 Å². The van der Waals surface area contributed by atoms with Gasteiger partial charge >= 0.3 is 24.7 Å². The van der Waals surface area contributed by atoms with Crippen LogP contribution < -0.4 is 0 Å². The molecule has 0 radical (unpaired) electrons. The fourth-order valence-electron chi connectivity index (χ4n) is 3.18. The van der Waals surface area contributed by atoms with Crippen LogP contribution in [0.1, 0.15) is 25.7 Å². The van der Waals surface area contributed by atoms with E-state index < -0.39 is 73.4 Å². The van der Waals surface area contributed by atoms with Gasteiger partial charge in [0, 0.05) is 5.92 Å². The van der Waals surface area contributed by atoms with E-state index in [0.29, 0.717) is 0 Å². The third kappa shape index (κ3) is 3.58. The van der Waals surface area contributed by atoms with Gasteiger partial charge in [-0.25, -0.2) is 0 Å². The Morgan fingerprint density at radius 2 is 1.00 bits per heavy atom. The van der Waals surface area contributed by atoms with Crippen LogP contribution in [0.5, 0.6) is 0 Å². The minimum absolute atomic E-state index is 0.588. The molecule has 0 aromatic carbocycles. The summed E-state index contributed by atoms with van der Waals surface area (Å²) in [7, 11) is 0. The summed E-state index contributed by atoms with van der Waals surface area (Å²) in [4.78, 5) is 0. The zero-order valence-electron chi connectivity index (χ0n) is 12.4. The van der Waals surface area contributed by atoms with Crippen LogP contribution in [0.3, 0.4) is 0 Å². The van der Waals surface area contributed by atoms with Crippen LogP contribution in [-0.4, -0.2) is 46.1 Å². The van der Waals surface area contributed by atoms with Gasteiger partial charge in [-0.05, 0) is 25.2 Å². The van der Waals surface area contributed by atoms with E-state index in [1.807, 2.05) is 0 Å². The largest absolute Gasteiger partial charge is 0.426 e. The highest BCUT2D eigenvalue weighted by molar-refractivity contribution is 5.06.